The van der Waals surface area contributed by atoms with Crippen molar-refractivity contribution in [2.45, 2.75) is 77.7 Å². The lowest BCUT2D eigenvalue weighted by Crippen LogP contribution is -2.17. The first-order valence-corrected chi connectivity index (χ1v) is 14.0. The molecule has 2 atom stereocenters. The largest absolute Gasteiger partial charge is 0.489 e. The minimum absolute atomic E-state index is 0.00126. The zero-order chi connectivity index (χ0) is 28.7. The molecular weight excluding hydrogens is 512 g/mol. The third kappa shape index (κ3) is 5.70. The highest BCUT2D eigenvalue weighted by Crippen LogP contribution is 2.57. The van der Waals surface area contributed by atoms with Crippen LogP contribution in [0.3, 0.4) is 0 Å². The van der Waals surface area contributed by atoms with E-state index in [0.717, 1.165) is 49.4 Å². The van der Waals surface area contributed by atoms with Crippen molar-refractivity contribution in [2.75, 3.05) is 7.11 Å². The molecule has 1 N–H and O–H groups in total. The topological polar surface area (TPSA) is 68.7 Å². The molecule has 2 aromatic carbocycles. The number of hydrogen-bond donors (Lipinski definition) is 1. The van der Waals surface area contributed by atoms with Crippen LogP contribution in [0.1, 0.15) is 87.8 Å². The second-order valence-corrected chi connectivity index (χ2v) is 12.3. The Balaban J connectivity index is 1.47. The Morgan fingerprint density at radius 3 is 2.50 bits per heavy atom. The quantitative estimate of drug-likeness (QED) is 0.276. The van der Waals surface area contributed by atoms with Crippen molar-refractivity contribution in [2.24, 2.45) is 10.8 Å². The molecule has 7 heteroatoms. The van der Waals surface area contributed by atoms with E-state index in [1.807, 2.05) is 30.3 Å². The number of aliphatic carboxylic acids is 1. The van der Waals surface area contributed by atoms with Gasteiger partial charge in [-0.2, -0.15) is 0 Å². The van der Waals surface area contributed by atoms with Crippen molar-refractivity contribution >= 4 is 5.97 Å². The van der Waals surface area contributed by atoms with Crippen LogP contribution in [-0.4, -0.2) is 23.2 Å². The van der Waals surface area contributed by atoms with Crippen LogP contribution in [0.25, 0.3) is 11.1 Å². The number of rotatable bonds is 10. The van der Waals surface area contributed by atoms with Crippen LogP contribution >= 0.6 is 0 Å². The molecule has 2 saturated carbocycles. The maximum atomic E-state index is 15.6. The van der Waals surface area contributed by atoms with Crippen molar-refractivity contribution < 1.29 is 28.2 Å². The lowest BCUT2D eigenvalue weighted by Gasteiger charge is -2.30. The average Bonchev–Trinajstić information content (AvgIpc) is 3.57. The lowest BCUT2D eigenvalue weighted by molar-refractivity contribution is -0.137. The SMILES string of the molecule is COc1cc(-c2cc(F)c(COc3cccc([C@H](CC(=O)O)C4(C)CC4)c3)cc2[C@@H]2CCCC2(C)C)c(F)cn1. The molecular formula is C33H37F2NO4. The van der Waals surface area contributed by atoms with Crippen molar-refractivity contribution in [3.8, 4) is 22.8 Å². The first-order chi connectivity index (χ1) is 19.0. The Morgan fingerprint density at radius 1 is 1.07 bits per heavy atom. The predicted octanol–water partition coefficient (Wildman–Crippen LogP) is 8.27. The Labute approximate surface area is 234 Å². The third-order valence-electron chi connectivity index (χ3n) is 9.09. The molecule has 0 radical (unpaired) electrons. The molecule has 2 aliphatic rings. The molecule has 1 aromatic heterocycles. The summed E-state index contributed by atoms with van der Waals surface area (Å²) in [5.41, 5.74) is 2.94. The fourth-order valence-corrected chi connectivity index (χ4v) is 6.38. The smallest absolute Gasteiger partial charge is 0.303 e. The van der Waals surface area contributed by atoms with E-state index in [1.54, 1.807) is 0 Å². The Bertz CT molecular complexity index is 1420. The summed E-state index contributed by atoms with van der Waals surface area (Å²) in [6.07, 6.45) is 6.18. The summed E-state index contributed by atoms with van der Waals surface area (Å²) < 4.78 is 41.9. The second kappa shape index (κ2) is 10.8. The average molecular weight is 550 g/mol. The molecule has 5 nitrogen and oxygen atoms in total. The molecule has 2 aliphatic carbocycles. The van der Waals surface area contributed by atoms with Crippen LogP contribution in [0.2, 0.25) is 0 Å². The van der Waals surface area contributed by atoms with Gasteiger partial charge in [-0.25, -0.2) is 13.8 Å². The minimum atomic E-state index is -0.822. The van der Waals surface area contributed by atoms with Crippen LogP contribution in [0.4, 0.5) is 8.78 Å². The molecule has 5 rings (SSSR count). The fraction of sp³-hybridized carbons (Fsp3) is 0.455. The highest BCUT2D eigenvalue weighted by atomic mass is 19.1. The van der Waals surface area contributed by atoms with Gasteiger partial charge in [-0.3, -0.25) is 4.79 Å². The highest BCUT2D eigenvalue weighted by molar-refractivity contribution is 5.70. The number of halogens is 2. The number of pyridine rings is 1. The zero-order valence-corrected chi connectivity index (χ0v) is 23.6. The molecule has 40 heavy (non-hydrogen) atoms. The first-order valence-electron chi connectivity index (χ1n) is 14.0. The molecule has 212 valence electrons. The molecule has 0 unspecified atom stereocenters. The highest BCUT2D eigenvalue weighted by Gasteiger charge is 2.46. The molecule has 0 spiro atoms. The molecule has 1 heterocycles. The number of aromatic nitrogens is 1. The summed E-state index contributed by atoms with van der Waals surface area (Å²) >= 11 is 0. The molecule has 0 saturated heterocycles. The lowest BCUT2D eigenvalue weighted by atomic mass is 9.75. The molecule has 0 aliphatic heterocycles. The van der Waals surface area contributed by atoms with E-state index in [-0.39, 0.29) is 47.1 Å². The van der Waals surface area contributed by atoms with Crippen LogP contribution < -0.4 is 9.47 Å². The van der Waals surface area contributed by atoms with E-state index >= 15 is 8.78 Å². The normalized spacial score (nSPS) is 19.7. The maximum Gasteiger partial charge on any atom is 0.303 e. The van der Waals surface area contributed by atoms with Gasteiger partial charge in [0.1, 0.15) is 24.0 Å². The summed E-state index contributed by atoms with van der Waals surface area (Å²) in [6.45, 7) is 6.53. The van der Waals surface area contributed by atoms with Gasteiger partial charge in [0.25, 0.3) is 0 Å². The monoisotopic (exact) mass is 549 g/mol. The Kier molecular flexibility index (Phi) is 7.60. The number of carboxylic acid groups (broad SMARTS) is 1. The maximum absolute atomic E-state index is 15.6. The van der Waals surface area contributed by atoms with Gasteiger partial charge in [0.15, 0.2) is 0 Å². The van der Waals surface area contributed by atoms with E-state index < -0.39 is 17.6 Å². The van der Waals surface area contributed by atoms with Gasteiger partial charge in [0.2, 0.25) is 5.88 Å². The number of hydrogen-bond acceptors (Lipinski definition) is 4. The third-order valence-corrected chi connectivity index (χ3v) is 9.09. The summed E-state index contributed by atoms with van der Waals surface area (Å²) in [6, 6.07) is 12.2. The molecule has 2 fully saturated rings. The first kappa shape index (κ1) is 28.1. The molecule has 3 aromatic rings. The van der Waals surface area contributed by atoms with Gasteiger partial charge in [-0.15, -0.1) is 0 Å². The van der Waals surface area contributed by atoms with E-state index in [2.05, 4.69) is 25.8 Å². The summed E-state index contributed by atoms with van der Waals surface area (Å²) in [7, 11) is 1.47. The molecule has 0 bridgehead atoms. The number of nitrogens with zero attached hydrogens (tertiary/aromatic N) is 1. The van der Waals surface area contributed by atoms with E-state index in [9.17, 15) is 9.90 Å². The van der Waals surface area contributed by atoms with Gasteiger partial charge >= 0.3 is 5.97 Å². The van der Waals surface area contributed by atoms with Gasteiger partial charge < -0.3 is 14.6 Å². The van der Waals surface area contributed by atoms with E-state index in [0.29, 0.717) is 16.9 Å². The standard InChI is InChI=1S/C33H37F2NO4/c1-32(2)10-6-9-26(32)24-14-21(28(34)15-23(24)25-16-30(39-4)36-18-29(25)35)19-40-22-8-5-7-20(13-22)27(17-31(37)38)33(3)11-12-33/h5,7-8,13-16,18,26-27H,6,9-12,17,19H2,1-4H3,(H,37,38)/t26-,27-/m0/s1. The van der Waals surface area contributed by atoms with E-state index in [4.69, 9.17) is 9.47 Å². The fourth-order valence-electron chi connectivity index (χ4n) is 6.38. The molecule has 0 amide bonds. The number of ether oxygens (including phenoxy) is 2. The Hall–Kier alpha value is -3.48. The van der Waals surface area contributed by atoms with Crippen molar-refractivity contribution in [1.82, 2.24) is 4.98 Å². The van der Waals surface area contributed by atoms with Gasteiger partial charge in [0, 0.05) is 17.2 Å². The Morgan fingerprint density at radius 2 is 1.85 bits per heavy atom. The zero-order valence-electron chi connectivity index (χ0n) is 23.6. The number of carbonyl (C=O) groups is 1. The van der Waals surface area contributed by atoms with Crippen LogP contribution in [0, 0.1) is 22.5 Å². The van der Waals surface area contributed by atoms with Gasteiger partial charge in [0.05, 0.1) is 19.7 Å². The second-order valence-electron chi connectivity index (χ2n) is 12.3. The van der Waals surface area contributed by atoms with Crippen molar-refractivity contribution in [1.29, 1.82) is 0 Å². The number of carboxylic acids is 1. The summed E-state index contributed by atoms with van der Waals surface area (Å²) in [5, 5.41) is 9.49. The number of methoxy groups -OCH3 is 1. The van der Waals surface area contributed by atoms with Gasteiger partial charge in [-0.05, 0) is 89.3 Å². The van der Waals surface area contributed by atoms with Crippen LogP contribution in [-0.2, 0) is 11.4 Å². The number of benzene rings is 2. The van der Waals surface area contributed by atoms with Crippen molar-refractivity contribution in [3.63, 3.8) is 0 Å². The van der Waals surface area contributed by atoms with Crippen molar-refractivity contribution in [3.05, 3.63) is 77.0 Å². The van der Waals surface area contributed by atoms with E-state index in [1.165, 1.54) is 19.2 Å². The predicted molar refractivity (Wildman–Crippen MR) is 150 cm³/mol. The van der Waals surface area contributed by atoms with Gasteiger partial charge in [-0.1, -0.05) is 39.3 Å². The summed E-state index contributed by atoms with van der Waals surface area (Å²) in [4.78, 5) is 15.5. The minimum Gasteiger partial charge on any atom is -0.489 e. The van der Waals surface area contributed by atoms with Crippen LogP contribution in [0.5, 0.6) is 11.6 Å². The summed E-state index contributed by atoms with van der Waals surface area (Å²) in [5.74, 6) is -0.978. The van der Waals surface area contributed by atoms with Crippen LogP contribution in [0.15, 0.2) is 48.7 Å².